The van der Waals surface area contributed by atoms with E-state index in [0.29, 0.717) is 24.0 Å². The Morgan fingerprint density at radius 1 is 0.957 bits per heavy atom. The van der Waals surface area contributed by atoms with Crippen LogP contribution in [0.5, 0.6) is 0 Å². The van der Waals surface area contributed by atoms with Crippen LogP contribution in [-0.4, -0.2) is 49.8 Å². The summed E-state index contributed by atoms with van der Waals surface area (Å²) in [7, 11) is -3.36. The van der Waals surface area contributed by atoms with Gasteiger partial charge in [0.15, 0.2) is 0 Å². The Bertz CT molecular complexity index is 643. The fraction of sp³-hybridized carbons (Fsp3) is 0.667. The summed E-state index contributed by atoms with van der Waals surface area (Å²) in [6.07, 6.45) is 6.57. The summed E-state index contributed by atoms with van der Waals surface area (Å²) in [6.45, 7) is 6.85. The van der Waals surface area contributed by atoms with Gasteiger partial charge in [0.25, 0.3) is 0 Å². The minimum Gasteiger partial charge on any atom is -0.298 e. The van der Waals surface area contributed by atoms with Crippen molar-refractivity contribution in [2.45, 2.75) is 56.9 Å². The van der Waals surface area contributed by atoms with Gasteiger partial charge in [-0.15, -0.1) is 0 Å². The molecule has 2 fully saturated rings. The zero-order valence-corrected chi connectivity index (χ0v) is 15.1. The molecule has 1 heterocycles. The van der Waals surface area contributed by atoms with Gasteiger partial charge in [0, 0.05) is 32.2 Å². The molecule has 1 aliphatic carbocycles. The van der Waals surface area contributed by atoms with Crippen LogP contribution in [0, 0.1) is 13.8 Å². The zero-order valence-electron chi connectivity index (χ0n) is 14.3. The Hall–Kier alpha value is -0.910. The molecule has 1 aromatic rings. The average Bonchev–Trinajstić information content (AvgIpc) is 2.55. The molecular weight excluding hydrogens is 308 g/mol. The molecule has 4 nitrogen and oxygen atoms in total. The lowest BCUT2D eigenvalue weighted by Gasteiger charge is -2.40. The molecule has 0 aromatic heterocycles. The highest BCUT2D eigenvalue weighted by Crippen LogP contribution is 2.26. The van der Waals surface area contributed by atoms with E-state index in [9.17, 15) is 8.42 Å². The molecular formula is C18H28N2O2S. The second-order valence-electron chi connectivity index (χ2n) is 7.00. The molecule has 128 valence electrons. The third-order valence-electron chi connectivity index (χ3n) is 5.31. The maximum absolute atomic E-state index is 12.9. The highest BCUT2D eigenvalue weighted by Gasteiger charge is 2.32. The number of hydrogen-bond acceptors (Lipinski definition) is 3. The molecule has 0 N–H and O–H groups in total. The van der Waals surface area contributed by atoms with Crippen LogP contribution in [0.25, 0.3) is 0 Å². The Labute approximate surface area is 140 Å². The van der Waals surface area contributed by atoms with Crippen molar-refractivity contribution in [1.29, 1.82) is 0 Å². The highest BCUT2D eigenvalue weighted by molar-refractivity contribution is 7.89. The van der Waals surface area contributed by atoms with E-state index < -0.39 is 10.0 Å². The summed E-state index contributed by atoms with van der Waals surface area (Å²) < 4.78 is 27.5. The van der Waals surface area contributed by atoms with E-state index >= 15 is 0 Å². The molecule has 0 radical (unpaired) electrons. The van der Waals surface area contributed by atoms with Crippen LogP contribution in [0.4, 0.5) is 0 Å². The number of nitrogens with zero attached hydrogens (tertiary/aromatic N) is 2. The van der Waals surface area contributed by atoms with E-state index in [4.69, 9.17) is 0 Å². The maximum Gasteiger partial charge on any atom is 0.243 e. The molecule has 0 spiro atoms. The SMILES string of the molecule is Cc1ccc(S(=O)(=O)N2CCN(C3CCCCC3)CC2)c(C)c1. The second-order valence-corrected chi connectivity index (χ2v) is 8.91. The Morgan fingerprint density at radius 3 is 2.22 bits per heavy atom. The Kier molecular flexibility index (Phi) is 5.09. The van der Waals surface area contributed by atoms with E-state index in [1.165, 1.54) is 32.1 Å². The van der Waals surface area contributed by atoms with E-state index in [1.54, 1.807) is 10.4 Å². The molecule has 1 saturated heterocycles. The minimum absolute atomic E-state index is 0.467. The summed E-state index contributed by atoms with van der Waals surface area (Å²) in [4.78, 5) is 2.97. The summed E-state index contributed by atoms with van der Waals surface area (Å²) in [5, 5.41) is 0. The van der Waals surface area contributed by atoms with Crippen molar-refractivity contribution in [1.82, 2.24) is 9.21 Å². The first kappa shape index (κ1) is 16.9. The van der Waals surface area contributed by atoms with E-state index in [1.807, 2.05) is 26.0 Å². The number of benzene rings is 1. The molecule has 0 amide bonds. The Balaban J connectivity index is 1.68. The van der Waals surface area contributed by atoms with Crippen LogP contribution in [0.2, 0.25) is 0 Å². The fourth-order valence-electron chi connectivity index (χ4n) is 3.98. The molecule has 2 aliphatic rings. The topological polar surface area (TPSA) is 40.6 Å². The largest absolute Gasteiger partial charge is 0.298 e. The maximum atomic E-state index is 12.9. The zero-order chi connectivity index (χ0) is 16.4. The molecule has 1 aliphatic heterocycles. The molecule has 1 aromatic carbocycles. The first-order valence-electron chi connectivity index (χ1n) is 8.80. The summed E-state index contributed by atoms with van der Waals surface area (Å²) in [6, 6.07) is 6.27. The van der Waals surface area contributed by atoms with Gasteiger partial charge in [-0.2, -0.15) is 4.31 Å². The van der Waals surface area contributed by atoms with Crippen molar-refractivity contribution in [3.8, 4) is 0 Å². The van der Waals surface area contributed by atoms with Gasteiger partial charge in [-0.1, -0.05) is 37.0 Å². The minimum atomic E-state index is -3.36. The molecule has 1 saturated carbocycles. The van der Waals surface area contributed by atoms with E-state index in [-0.39, 0.29) is 0 Å². The van der Waals surface area contributed by atoms with Crippen LogP contribution in [-0.2, 0) is 10.0 Å². The Morgan fingerprint density at radius 2 is 1.61 bits per heavy atom. The number of aryl methyl sites for hydroxylation is 2. The summed E-state index contributed by atoms with van der Waals surface area (Å²) in [5.41, 5.74) is 1.95. The number of rotatable bonds is 3. The molecule has 0 unspecified atom stereocenters. The van der Waals surface area contributed by atoms with Crippen molar-refractivity contribution < 1.29 is 8.42 Å². The predicted octanol–water partition coefficient (Wildman–Crippen LogP) is 2.94. The number of sulfonamides is 1. The van der Waals surface area contributed by atoms with Gasteiger partial charge in [0.1, 0.15) is 0 Å². The van der Waals surface area contributed by atoms with Gasteiger partial charge >= 0.3 is 0 Å². The van der Waals surface area contributed by atoms with Crippen LogP contribution in [0.15, 0.2) is 23.1 Å². The van der Waals surface area contributed by atoms with Gasteiger partial charge < -0.3 is 0 Å². The third-order valence-corrected chi connectivity index (χ3v) is 7.37. The number of piperazine rings is 1. The van der Waals surface area contributed by atoms with Crippen molar-refractivity contribution in [2.75, 3.05) is 26.2 Å². The average molecular weight is 337 g/mol. The molecule has 0 bridgehead atoms. The van der Waals surface area contributed by atoms with Crippen molar-refractivity contribution in [3.05, 3.63) is 29.3 Å². The van der Waals surface area contributed by atoms with E-state index in [0.717, 1.165) is 24.2 Å². The fourth-order valence-corrected chi connectivity index (χ4v) is 5.61. The van der Waals surface area contributed by atoms with Gasteiger partial charge in [0.2, 0.25) is 10.0 Å². The highest BCUT2D eigenvalue weighted by atomic mass is 32.2. The van der Waals surface area contributed by atoms with Crippen molar-refractivity contribution in [3.63, 3.8) is 0 Å². The third kappa shape index (κ3) is 3.62. The molecule has 5 heteroatoms. The first-order chi connectivity index (χ1) is 11.0. The van der Waals surface area contributed by atoms with Crippen molar-refractivity contribution in [2.24, 2.45) is 0 Å². The van der Waals surface area contributed by atoms with Crippen LogP contribution in [0.1, 0.15) is 43.2 Å². The standard InChI is InChI=1S/C18H28N2O2S/c1-15-8-9-18(16(2)14-15)23(21,22)20-12-10-19(11-13-20)17-6-4-3-5-7-17/h8-9,14,17H,3-7,10-13H2,1-2H3. The van der Waals surface area contributed by atoms with Crippen LogP contribution < -0.4 is 0 Å². The first-order valence-corrected chi connectivity index (χ1v) is 10.2. The van der Waals surface area contributed by atoms with Crippen LogP contribution in [0.3, 0.4) is 0 Å². The van der Waals surface area contributed by atoms with E-state index in [2.05, 4.69) is 4.90 Å². The second kappa shape index (κ2) is 6.91. The summed E-state index contributed by atoms with van der Waals surface area (Å²) in [5.74, 6) is 0. The molecule has 3 rings (SSSR count). The normalized spacial score (nSPS) is 22.3. The molecule has 23 heavy (non-hydrogen) atoms. The lowest BCUT2D eigenvalue weighted by molar-refractivity contribution is 0.111. The molecule has 0 atom stereocenters. The lowest BCUT2D eigenvalue weighted by Crippen LogP contribution is -2.52. The monoisotopic (exact) mass is 336 g/mol. The van der Waals surface area contributed by atoms with Crippen LogP contribution >= 0.6 is 0 Å². The summed E-state index contributed by atoms with van der Waals surface area (Å²) >= 11 is 0. The smallest absolute Gasteiger partial charge is 0.243 e. The van der Waals surface area contributed by atoms with Gasteiger partial charge in [-0.05, 0) is 38.3 Å². The lowest BCUT2D eigenvalue weighted by atomic mass is 9.94. The van der Waals surface area contributed by atoms with Gasteiger partial charge in [-0.3, -0.25) is 4.90 Å². The quantitative estimate of drug-likeness (QED) is 0.852. The van der Waals surface area contributed by atoms with Gasteiger partial charge in [-0.25, -0.2) is 8.42 Å². The van der Waals surface area contributed by atoms with Gasteiger partial charge in [0.05, 0.1) is 4.90 Å². The van der Waals surface area contributed by atoms with Crippen molar-refractivity contribution >= 4 is 10.0 Å². The predicted molar refractivity (Wildman–Crippen MR) is 93.1 cm³/mol. The number of hydrogen-bond donors (Lipinski definition) is 0.